The van der Waals surface area contributed by atoms with Crippen molar-refractivity contribution in [1.29, 1.82) is 0 Å². The topological polar surface area (TPSA) is 59.1 Å². The standard InChI is InChI=1S/C10H18N2O4/c1-11(8-10(14)15-2)7-9(13)12-3-5-16-6-4-12/h3-8H2,1-2H3. The van der Waals surface area contributed by atoms with Gasteiger partial charge in [0, 0.05) is 13.1 Å². The summed E-state index contributed by atoms with van der Waals surface area (Å²) in [5, 5.41) is 0. The molecule has 6 nitrogen and oxygen atoms in total. The second-order valence-electron chi connectivity index (χ2n) is 3.74. The molecule has 16 heavy (non-hydrogen) atoms. The van der Waals surface area contributed by atoms with E-state index in [1.807, 2.05) is 0 Å². The second kappa shape index (κ2) is 6.44. The Labute approximate surface area is 95.1 Å². The highest BCUT2D eigenvalue weighted by Gasteiger charge is 2.18. The number of carbonyl (C=O) groups excluding carboxylic acids is 2. The zero-order chi connectivity index (χ0) is 12.0. The molecular weight excluding hydrogens is 212 g/mol. The number of amides is 1. The fourth-order valence-electron chi connectivity index (χ4n) is 1.48. The van der Waals surface area contributed by atoms with Crippen LogP contribution in [0.2, 0.25) is 0 Å². The summed E-state index contributed by atoms with van der Waals surface area (Å²) in [4.78, 5) is 26.1. The molecule has 0 aliphatic carbocycles. The maximum atomic E-state index is 11.8. The summed E-state index contributed by atoms with van der Waals surface area (Å²) in [6.07, 6.45) is 0. The van der Waals surface area contributed by atoms with Crippen LogP contribution >= 0.6 is 0 Å². The quantitative estimate of drug-likeness (QED) is 0.577. The van der Waals surface area contributed by atoms with E-state index in [-0.39, 0.29) is 25.0 Å². The lowest BCUT2D eigenvalue weighted by Crippen LogP contribution is -2.45. The van der Waals surface area contributed by atoms with Crippen molar-refractivity contribution in [3.05, 3.63) is 0 Å². The number of ether oxygens (including phenoxy) is 2. The van der Waals surface area contributed by atoms with Crippen LogP contribution in [-0.4, -0.2) is 75.2 Å². The molecule has 92 valence electrons. The Bertz CT molecular complexity index is 251. The van der Waals surface area contributed by atoms with Crippen molar-refractivity contribution >= 4 is 11.9 Å². The Kier molecular flexibility index (Phi) is 5.21. The number of hydrogen-bond acceptors (Lipinski definition) is 5. The maximum absolute atomic E-state index is 11.8. The average molecular weight is 230 g/mol. The third-order valence-corrected chi connectivity index (χ3v) is 2.40. The van der Waals surface area contributed by atoms with E-state index in [4.69, 9.17) is 4.74 Å². The van der Waals surface area contributed by atoms with Gasteiger partial charge in [0.25, 0.3) is 0 Å². The van der Waals surface area contributed by atoms with E-state index in [2.05, 4.69) is 4.74 Å². The largest absolute Gasteiger partial charge is 0.468 e. The minimum absolute atomic E-state index is 0.0229. The predicted molar refractivity (Wildman–Crippen MR) is 56.9 cm³/mol. The minimum atomic E-state index is -0.336. The Balaban J connectivity index is 2.29. The monoisotopic (exact) mass is 230 g/mol. The number of rotatable bonds is 4. The lowest BCUT2D eigenvalue weighted by molar-refractivity contribution is -0.143. The van der Waals surface area contributed by atoms with Crippen LogP contribution in [0.1, 0.15) is 0 Å². The SMILES string of the molecule is COC(=O)CN(C)CC(=O)N1CCOCC1. The summed E-state index contributed by atoms with van der Waals surface area (Å²) >= 11 is 0. The summed E-state index contributed by atoms with van der Waals surface area (Å²) in [7, 11) is 3.05. The van der Waals surface area contributed by atoms with Crippen LogP contribution in [0.5, 0.6) is 0 Å². The van der Waals surface area contributed by atoms with Gasteiger partial charge in [-0.3, -0.25) is 14.5 Å². The lowest BCUT2D eigenvalue weighted by Gasteiger charge is -2.28. The fraction of sp³-hybridized carbons (Fsp3) is 0.800. The molecule has 1 aliphatic rings. The van der Waals surface area contributed by atoms with Crippen LogP contribution < -0.4 is 0 Å². The van der Waals surface area contributed by atoms with Gasteiger partial charge in [0.2, 0.25) is 5.91 Å². The van der Waals surface area contributed by atoms with Crippen molar-refractivity contribution < 1.29 is 19.1 Å². The first-order valence-corrected chi connectivity index (χ1v) is 5.24. The minimum Gasteiger partial charge on any atom is -0.468 e. The summed E-state index contributed by atoms with van der Waals surface area (Å²) in [6.45, 7) is 2.80. The van der Waals surface area contributed by atoms with Gasteiger partial charge in [-0.05, 0) is 7.05 Å². The van der Waals surface area contributed by atoms with Gasteiger partial charge in [-0.15, -0.1) is 0 Å². The first kappa shape index (κ1) is 12.9. The maximum Gasteiger partial charge on any atom is 0.319 e. The van der Waals surface area contributed by atoms with E-state index in [0.717, 1.165) is 0 Å². The van der Waals surface area contributed by atoms with Gasteiger partial charge in [-0.1, -0.05) is 0 Å². The van der Waals surface area contributed by atoms with Gasteiger partial charge in [0.15, 0.2) is 0 Å². The van der Waals surface area contributed by atoms with E-state index in [1.165, 1.54) is 7.11 Å². The number of morpholine rings is 1. The molecule has 1 heterocycles. The van der Waals surface area contributed by atoms with E-state index in [0.29, 0.717) is 26.3 Å². The molecule has 0 aromatic rings. The van der Waals surface area contributed by atoms with E-state index in [9.17, 15) is 9.59 Å². The molecule has 1 fully saturated rings. The zero-order valence-corrected chi connectivity index (χ0v) is 9.77. The molecule has 0 aromatic carbocycles. The zero-order valence-electron chi connectivity index (χ0n) is 9.77. The summed E-state index contributed by atoms with van der Waals surface area (Å²) in [5.41, 5.74) is 0. The number of esters is 1. The van der Waals surface area contributed by atoms with Crippen LogP contribution in [0.3, 0.4) is 0 Å². The van der Waals surface area contributed by atoms with Crippen LogP contribution in [0.4, 0.5) is 0 Å². The van der Waals surface area contributed by atoms with Gasteiger partial charge in [0.05, 0.1) is 33.4 Å². The molecule has 1 aliphatic heterocycles. The predicted octanol–water partition coefficient (Wildman–Crippen LogP) is -1.05. The summed E-state index contributed by atoms with van der Waals surface area (Å²) in [6, 6.07) is 0. The fourth-order valence-corrected chi connectivity index (χ4v) is 1.48. The highest BCUT2D eigenvalue weighted by Crippen LogP contribution is 1.98. The number of methoxy groups -OCH3 is 1. The van der Waals surface area contributed by atoms with Crippen LogP contribution in [0, 0.1) is 0 Å². The van der Waals surface area contributed by atoms with Crippen molar-refractivity contribution in [2.45, 2.75) is 0 Å². The first-order chi connectivity index (χ1) is 7.63. The molecule has 0 N–H and O–H groups in total. The third kappa shape index (κ3) is 4.16. The van der Waals surface area contributed by atoms with E-state index >= 15 is 0 Å². The van der Waals surface area contributed by atoms with Crippen molar-refractivity contribution in [3.63, 3.8) is 0 Å². The Hall–Kier alpha value is -1.14. The van der Waals surface area contributed by atoms with Crippen LogP contribution in [0.25, 0.3) is 0 Å². The molecule has 1 saturated heterocycles. The Morgan fingerprint density at radius 1 is 1.31 bits per heavy atom. The molecule has 0 atom stereocenters. The van der Waals surface area contributed by atoms with Crippen LogP contribution in [0.15, 0.2) is 0 Å². The van der Waals surface area contributed by atoms with Gasteiger partial charge in [0.1, 0.15) is 0 Å². The van der Waals surface area contributed by atoms with Crippen molar-refractivity contribution in [2.24, 2.45) is 0 Å². The molecule has 0 bridgehead atoms. The molecule has 0 saturated carbocycles. The van der Waals surface area contributed by atoms with Gasteiger partial charge < -0.3 is 14.4 Å². The second-order valence-corrected chi connectivity index (χ2v) is 3.74. The van der Waals surface area contributed by atoms with Gasteiger partial charge in [-0.2, -0.15) is 0 Å². The summed E-state index contributed by atoms with van der Waals surface area (Å²) < 4.78 is 9.68. The lowest BCUT2D eigenvalue weighted by atomic mass is 10.4. The molecule has 6 heteroatoms. The van der Waals surface area contributed by atoms with Crippen molar-refractivity contribution in [3.8, 4) is 0 Å². The molecule has 1 amide bonds. The molecule has 1 rings (SSSR count). The molecule has 0 spiro atoms. The highest BCUT2D eigenvalue weighted by molar-refractivity contribution is 5.79. The van der Waals surface area contributed by atoms with Crippen molar-refractivity contribution in [1.82, 2.24) is 9.80 Å². The molecular formula is C10H18N2O4. The number of likely N-dealkylation sites (N-methyl/N-ethyl adjacent to an activating group) is 1. The van der Waals surface area contributed by atoms with E-state index in [1.54, 1.807) is 16.8 Å². The first-order valence-electron chi connectivity index (χ1n) is 5.24. The highest BCUT2D eigenvalue weighted by atomic mass is 16.5. The average Bonchev–Trinajstić information content (AvgIpc) is 2.29. The molecule has 0 aromatic heterocycles. The molecule has 0 radical (unpaired) electrons. The molecule has 0 unspecified atom stereocenters. The normalized spacial score (nSPS) is 16.3. The third-order valence-electron chi connectivity index (χ3n) is 2.40. The Morgan fingerprint density at radius 2 is 1.94 bits per heavy atom. The summed E-state index contributed by atoms with van der Waals surface area (Å²) in [5.74, 6) is -0.313. The van der Waals surface area contributed by atoms with Gasteiger partial charge >= 0.3 is 5.97 Å². The number of nitrogens with zero attached hydrogens (tertiary/aromatic N) is 2. The van der Waals surface area contributed by atoms with Crippen LogP contribution in [-0.2, 0) is 19.1 Å². The smallest absolute Gasteiger partial charge is 0.319 e. The van der Waals surface area contributed by atoms with Crippen molar-refractivity contribution in [2.75, 3.05) is 53.6 Å². The number of hydrogen-bond donors (Lipinski definition) is 0. The van der Waals surface area contributed by atoms with Gasteiger partial charge in [-0.25, -0.2) is 0 Å². The number of carbonyl (C=O) groups is 2. The Morgan fingerprint density at radius 3 is 2.50 bits per heavy atom. The van der Waals surface area contributed by atoms with E-state index < -0.39 is 0 Å².